The Kier molecular flexibility index (Phi) is 6.78. The van der Waals surface area contributed by atoms with Crippen molar-refractivity contribution in [3.05, 3.63) is 28.2 Å². The lowest BCUT2D eigenvalue weighted by Crippen LogP contribution is -2.71. The molecule has 0 spiro atoms. The van der Waals surface area contributed by atoms with Gasteiger partial charge >= 0.3 is 5.97 Å². The van der Waals surface area contributed by atoms with Gasteiger partial charge in [-0.3, -0.25) is 14.5 Å². The van der Waals surface area contributed by atoms with Crippen molar-refractivity contribution in [1.29, 1.82) is 0 Å². The van der Waals surface area contributed by atoms with E-state index in [9.17, 15) is 29.8 Å². The van der Waals surface area contributed by atoms with Crippen LogP contribution < -0.4 is 11.1 Å². The van der Waals surface area contributed by atoms with Gasteiger partial charge in [-0.2, -0.15) is 0 Å². The lowest BCUT2D eigenvalue weighted by atomic mass is 10.0. The Morgan fingerprint density at radius 3 is 2.76 bits per heavy atom. The number of carbonyl (C=O) groups is 3. The topological polar surface area (TPSA) is 209 Å². The second-order valence-electron chi connectivity index (χ2n) is 7.04. The number of nitrogens with one attached hydrogen (secondary N) is 1. The summed E-state index contributed by atoms with van der Waals surface area (Å²) < 4.78 is 1.60. The largest absolute Gasteiger partial charge is 0.477 e. The van der Waals surface area contributed by atoms with Crippen LogP contribution in [0.1, 0.15) is 11.5 Å². The minimum Gasteiger partial charge on any atom is -0.477 e. The van der Waals surface area contributed by atoms with Gasteiger partial charge in [0.25, 0.3) is 11.8 Å². The van der Waals surface area contributed by atoms with Gasteiger partial charge in [0.15, 0.2) is 21.8 Å². The third-order valence-corrected chi connectivity index (χ3v) is 8.18. The number of nitrogens with zero attached hydrogens (tertiary/aromatic N) is 6. The molecule has 17 heteroatoms. The van der Waals surface area contributed by atoms with E-state index in [2.05, 4.69) is 25.7 Å². The van der Waals surface area contributed by atoms with Crippen molar-refractivity contribution in [2.24, 2.45) is 12.2 Å². The van der Waals surface area contributed by atoms with E-state index in [-0.39, 0.29) is 28.9 Å². The molecule has 0 radical (unpaired) electrons. The van der Waals surface area contributed by atoms with Gasteiger partial charge in [0, 0.05) is 23.9 Å². The van der Waals surface area contributed by atoms with Crippen molar-refractivity contribution in [2.75, 3.05) is 17.2 Å². The summed E-state index contributed by atoms with van der Waals surface area (Å²) in [5, 5.41) is 43.0. The molecular weight excluding hydrogens is 508 g/mol. The lowest BCUT2D eigenvalue weighted by molar-refractivity contribution is -0.150. The van der Waals surface area contributed by atoms with Crippen LogP contribution in [0, 0.1) is 0 Å². The average molecular weight is 527 g/mol. The summed E-state index contributed by atoms with van der Waals surface area (Å²) in [4.78, 5) is 42.4. The molecule has 0 saturated carbocycles. The first-order valence-electron chi connectivity index (χ1n) is 9.53. The number of hydrogen-bond donors (Lipinski definition) is 5. The summed E-state index contributed by atoms with van der Waals surface area (Å²) in [5.41, 5.74) is 5.57. The fraction of sp³-hybridized carbons (Fsp3) is 0.353. The number of carboxylic acid groups (broad SMARTS) is 1. The summed E-state index contributed by atoms with van der Waals surface area (Å²) in [6, 6.07) is -1.00. The first-order chi connectivity index (χ1) is 16.3. The lowest BCUT2D eigenvalue weighted by Gasteiger charge is -2.49. The van der Waals surface area contributed by atoms with Crippen LogP contribution in [-0.4, -0.2) is 86.5 Å². The number of aliphatic carboxylic acids is 1. The van der Waals surface area contributed by atoms with Crippen molar-refractivity contribution in [3.8, 4) is 0 Å². The number of oxime groups is 1. The minimum atomic E-state index is -1.26. The summed E-state index contributed by atoms with van der Waals surface area (Å²) in [6.45, 7) is -0.279. The number of carboxylic acids is 1. The number of anilines is 1. The molecule has 0 bridgehead atoms. The van der Waals surface area contributed by atoms with Crippen LogP contribution in [0.4, 0.5) is 5.13 Å². The van der Waals surface area contributed by atoms with Crippen molar-refractivity contribution in [2.45, 2.75) is 23.2 Å². The predicted octanol–water partition coefficient (Wildman–Crippen LogP) is -0.945. The molecule has 1 fully saturated rings. The van der Waals surface area contributed by atoms with Gasteiger partial charge in [-0.05, 0) is 5.57 Å². The second kappa shape index (κ2) is 9.61. The molecule has 0 aromatic carbocycles. The molecule has 2 amide bonds. The van der Waals surface area contributed by atoms with Crippen LogP contribution in [-0.2, 0) is 28.0 Å². The standard InChI is InChI=1S/C17H18N8O6S3/c1-24-8(2-26)21-22-17(24)34-4-6-3-32-14-10(13(28)25(14)11(6)15(29)30)20-12(27)9(23-31)7-5-33-16(18)19-7/h5,10,14,26,31H,2-4H2,1H3,(H2,18,19)(H,20,27)(H,29,30)/t10?,14-/m1/s1. The molecule has 0 aliphatic carbocycles. The molecule has 2 aromatic heterocycles. The highest BCUT2D eigenvalue weighted by atomic mass is 32.2. The second-order valence-corrected chi connectivity index (χ2v) is 9.98. The Morgan fingerprint density at radius 2 is 2.18 bits per heavy atom. The van der Waals surface area contributed by atoms with E-state index < -0.39 is 34.9 Å². The molecule has 34 heavy (non-hydrogen) atoms. The zero-order chi connectivity index (χ0) is 24.6. The van der Waals surface area contributed by atoms with Gasteiger partial charge < -0.3 is 31.0 Å². The number of thioether (sulfide) groups is 2. The number of hydrogen-bond acceptors (Lipinski definition) is 13. The number of carbonyl (C=O) groups excluding carboxylic acids is 2. The monoisotopic (exact) mass is 526 g/mol. The zero-order valence-electron chi connectivity index (χ0n) is 17.4. The van der Waals surface area contributed by atoms with E-state index in [1.165, 1.54) is 28.9 Å². The quantitative estimate of drug-likeness (QED) is 0.0927. The Hall–Kier alpha value is -3.15. The van der Waals surface area contributed by atoms with E-state index in [0.29, 0.717) is 22.3 Å². The van der Waals surface area contributed by atoms with Crippen molar-refractivity contribution < 1.29 is 29.8 Å². The molecular formula is C17H18N8O6S3. The SMILES string of the molecule is Cn1c(CO)nnc1SCC1=C(C(=O)O)N2C(=O)C(NC(=O)C(=NO)c3csc(N)n3)[C@H]2SC1. The maximum absolute atomic E-state index is 12.8. The molecule has 1 saturated heterocycles. The highest BCUT2D eigenvalue weighted by Crippen LogP contribution is 2.41. The number of nitrogen functional groups attached to an aromatic ring is 1. The maximum atomic E-state index is 12.8. The number of aliphatic hydroxyl groups is 1. The minimum absolute atomic E-state index is 0.0565. The van der Waals surface area contributed by atoms with E-state index >= 15 is 0 Å². The fourth-order valence-corrected chi connectivity index (χ4v) is 6.34. The van der Waals surface area contributed by atoms with Crippen molar-refractivity contribution in [1.82, 2.24) is 30.0 Å². The number of nitrogens with two attached hydrogens (primary N) is 1. The van der Waals surface area contributed by atoms with Gasteiger partial charge in [-0.15, -0.1) is 33.3 Å². The van der Waals surface area contributed by atoms with E-state index in [1.807, 2.05) is 0 Å². The molecule has 2 aliphatic rings. The molecule has 1 unspecified atom stereocenters. The van der Waals surface area contributed by atoms with Gasteiger partial charge in [0.1, 0.15) is 29.4 Å². The van der Waals surface area contributed by atoms with Gasteiger partial charge in [0.05, 0.1) is 0 Å². The third kappa shape index (κ3) is 4.22. The predicted molar refractivity (Wildman–Crippen MR) is 122 cm³/mol. The Balaban J connectivity index is 1.48. The first kappa shape index (κ1) is 24.0. The Labute approximate surface area is 203 Å². The summed E-state index contributed by atoms with van der Waals surface area (Å²) >= 11 is 3.59. The summed E-state index contributed by atoms with van der Waals surface area (Å²) in [5.74, 6) is -1.77. The van der Waals surface area contributed by atoms with Crippen LogP contribution in [0.5, 0.6) is 0 Å². The molecule has 4 heterocycles. The number of aromatic nitrogens is 4. The average Bonchev–Trinajstić information content (AvgIpc) is 3.40. The van der Waals surface area contributed by atoms with Gasteiger partial charge in [-0.25, -0.2) is 9.78 Å². The normalized spacial score (nSPS) is 20.2. The van der Waals surface area contributed by atoms with Gasteiger partial charge in [0.2, 0.25) is 0 Å². The number of thiazole rings is 1. The van der Waals surface area contributed by atoms with Gasteiger partial charge in [-0.1, -0.05) is 16.9 Å². The highest BCUT2D eigenvalue weighted by molar-refractivity contribution is 8.01. The van der Waals surface area contributed by atoms with Crippen molar-refractivity contribution >= 4 is 63.5 Å². The van der Waals surface area contributed by atoms with E-state index in [0.717, 1.165) is 16.2 Å². The molecule has 2 aliphatic heterocycles. The molecule has 180 valence electrons. The molecule has 2 atom stereocenters. The highest BCUT2D eigenvalue weighted by Gasteiger charge is 2.54. The van der Waals surface area contributed by atoms with Crippen LogP contribution in [0.25, 0.3) is 0 Å². The Bertz CT molecular complexity index is 1220. The number of aliphatic hydroxyl groups excluding tert-OH is 1. The number of β-lactam (4-membered cyclic amide) rings is 1. The molecule has 14 nitrogen and oxygen atoms in total. The first-order valence-corrected chi connectivity index (χ1v) is 12.4. The molecule has 4 rings (SSSR count). The number of amides is 2. The maximum Gasteiger partial charge on any atom is 0.352 e. The third-order valence-electron chi connectivity index (χ3n) is 5.06. The van der Waals surface area contributed by atoms with E-state index in [1.54, 1.807) is 11.6 Å². The van der Waals surface area contributed by atoms with Crippen LogP contribution in [0.2, 0.25) is 0 Å². The summed E-state index contributed by atoms with van der Waals surface area (Å²) in [7, 11) is 1.68. The summed E-state index contributed by atoms with van der Waals surface area (Å²) in [6.07, 6.45) is 0. The number of fused-ring (bicyclic) bond motifs is 1. The van der Waals surface area contributed by atoms with Crippen molar-refractivity contribution in [3.63, 3.8) is 0 Å². The fourth-order valence-electron chi connectivity index (χ4n) is 3.37. The molecule has 2 aromatic rings. The molecule has 6 N–H and O–H groups in total. The zero-order valence-corrected chi connectivity index (χ0v) is 19.9. The smallest absolute Gasteiger partial charge is 0.352 e. The Morgan fingerprint density at radius 1 is 1.41 bits per heavy atom. The van der Waals surface area contributed by atoms with Crippen LogP contribution >= 0.6 is 34.9 Å². The number of rotatable bonds is 8. The van der Waals surface area contributed by atoms with Crippen LogP contribution in [0.3, 0.4) is 0 Å². The van der Waals surface area contributed by atoms with Crippen LogP contribution in [0.15, 0.2) is 27.0 Å². The van der Waals surface area contributed by atoms with E-state index in [4.69, 9.17) is 5.73 Å².